The number of thiocarbonyl (C=S) groups is 1. The topological polar surface area (TPSA) is 81.3 Å². The van der Waals surface area contributed by atoms with E-state index in [4.69, 9.17) is 31.2 Å². The average molecular weight is 397 g/mol. The molecule has 150 valence electrons. The van der Waals surface area contributed by atoms with Crippen LogP contribution in [0, 0.1) is 0 Å². The third-order valence-corrected chi connectivity index (χ3v) is 4.44. The number of methoxy groups -OCH3 is 3. The van der Waals surface area contributed by atoms with Crippen LogP contribution in [0.15, 0.2) is 12.1 Å². The fraction of sp³-hybridized carbons (Fsp3) is 0.556. The number of benzene rings is 1. The first-order chi connectivity index (χ1) is 13.1. The van der Waals surface area contributed by atoms with Crippen LogP contribution in [0.3, 0.4) is 0 Å². The highest BCUT2D eigenvalue weighted by Crippen LogP contribution is 2.38. The molecule has 0 unspecified atom stereocenters. The van der Waals surface area contributed by atoms with Gasteiger partial charge in [-0.05, 0) is 37.3 Å². The minimum Gasteiger partial charge on any atom is -0.493 e. The number of nitrogens with one attached hydrogen (secondary N) is 2. The van der Waals surface area contributed by atoms with E-state index in [2.05, 4.69) is 15.5 Å². The summed E-state index contributed by atoms with van der Waals surface area (Å²) in [4.78, 5) is 14.8. The second kappa shape index (κ2) is 10.9. The van der Waals surface area contributed by atoms with Gasteiger partial charge < -0.3 is 24.3 Å². The second-order valence-electron chi connectivity index (χ2n) is 5.93. The number of ether oxygens (including phenoxy) is 4. The van der Waals surface area contributed by atoms with Gasteiger partial charge in [-0.25, -0.2) is 0 Å². The highest BCUT2D eigenvalue weighted by atomic mass is 32.1. The van der Waals surface area contributed by atoms with Crippen LogP contribution in [-0.4, -0.2) is 76.6 Å². The number of nitrogens with zero attached hydrogens (tertiary/aromatic N) is 1. The Kier molecular flexibility index (Phi) is 8.56. The molecule has 2 N–H and O–H groups in total. The van der Waals surface area contributed by atoms with E-state index in [0.717, 1.165) is 39.3 Å². The predicted molar refractivity (Wildman–Crippen MR) is 106 cm³/mol. The zero-order valence-corrected chi connectivity index (χ0v) is 16.8. The summed E-state index contributed by atoms with van der Waals surface area (Å²) in [5, 5.41) is 6.02. The van der Waals surface area contributed by atoms with Crippen molar-refractivity contribution in [3.8, 4) is 17.2 Å². The molecule has 1 aliphatic rings. The van der Waals surface area contributed by atoms with Crippen LogP contribution < -0.4 is 24.8 Å². The van der Waals surface area contributed by atoms with Gasteiger partial charge in [-0.2, -0.15) is 0 Å². The maximum atomic E-state index is 12.5. The van der Waals surface area contributed by atoms with Gasteiger partial charge in [-0.3, -0.25) is 15.0 Å². The molecule has 8 nitrogen and oxygen atoms in total. The van der Waals surface area contributed by atoms with Crippen molar-refractivity contribution in [2.24, 2.45) is 0 Å². The first kappa shape index (κ1) is 21.2. The number of hydrogen-bond acceptors (Lipinski definition) is 7. The summed E-state index contributed by atoms with van der Waals surface area (Å²) in [7, 11) is 4.51. The van der Waals surface area contributed by atoms with E-state index >= 15 is 0 Å². The maximum Gasteiger partial charge on any atom is 0.257 e. The monoisotopic (exact) mass is 397 g/mol. The molecule has 1 aromatic carbocycles. The molecule has 2 rings (SSSR count). The zero-order chi connectivity index (χ0) is 19.6. The molecule has 1 saturated heterocycles. The van der Waals surface area contributed by atoms with Crippen LogP contribution in [0.1, 0.15) is 16.8 Å². The third kappa shape index (κ3) is 6.23. The van der Waals surface area contributed by atoms with Crippen LogP contribution >= 0.6 is 12.2 Å². The fourth-order valence-corrected chi connectivity index (χ4v) is 2.96. The number of hydrogen-bond donors (Lipinski definition) is 2. The smallest absolute Gasteiger partial charge is 0.257 e. The molecule has 0 aromatic heterocycles. The van der Waals surface area contributed by atoms with Gasteiger partial charge in [0.05, 0.1) is 34.5 Å². The number of amides is 1. The van der Waals surface area contributed by atoms with Gasteiger partial charge in [0, 0.05) is 25.2 Å². The van der Waals surface area contributed by atoms with Crippen molar-refractivity contribution in [3.63, 3.8) is 0 Å². The number of carbonyl (C=O) groups is 1. The molecule has 1 aliphatic heterocycles. The Morgan fingerprint density at radius 1 is 1.15 bits per heavy atom. The van der Waals surface area contributed by atoms with E-state index in [1.807, 2.05) is 0 Å². The average Bonchev–Trinajstić information content (AvgIpc) is 2.70. The van der Waals surface area contributed by atoms with Gasteiger partial charge in [0.1, 0.15) is 0 Å². The van der Waals surface area contributed by atoms with E-state index in [0.29, 0.717) is 29.4 Å². The standard InChI is InChI=1S/C18H27N3O5S/c1-23-14-11-13(12-15(24-2)16(14)25-3)17(22)20-18(27)19-5-4-6-21-7-9-26-10-8-21/h11-12H,4-10H2,1-3H3,(H2,19,20,22,27). The maximum absolute atomic E-state index is 12.5. The molecule has 0 atom stereocenters. The van der Waals surface area contributed by atoms with Crippen molar-refractivity contribution in [3.05, 3.63) is 17.7 Å². The molecule has 27 heavy (non-hydrogen) atoms. The minimum atomic E-state index is -0.347. The minimum absolute atomic E-state index is 0.288. The summed E-state index contributed by atoms with van der Waals surface area (Å²) in [5.74, 6) is 0.901. The summed E-state index contributed by atoms with van der Waals surface area (Å²) in [6.45, 7) is 5.16. The van der Waals surface area contributed by atoms with Crippen molar-refractivity contribution in [1.29, 1.82) is 0 Å². The Labute approximate surface area is 165 Å². The van der Waals surface area contributed by atoms with Crippen LogP contribution in [-0.2, 0) is 4.74 Å². The highest BCUT2D eigenvalue weighted by molar-refractivity contribution is 7.80. The van der Waals surface area contributed by atoms with Crippen molar-refractivity contribution >= 4 is 23.2 Å². The van der Waals surface area contributed by atoms with Crippen LogP contribution in [0.4, 0.5) is 0 Å². The van der Waals surface area contributed by atoms with Gasteiger partial charge >= 0.3 is 0 Å². The lowest BCUT2D eigenvalue weighted by molar-refractivity contribution is 0.0376. The van der Waals surface area contributed by atoms with E-state index in [9.17, 15) is 4.79 Å². The molecule has 1 heterocycles. The first-order valence-electron chi connectivity index (χ1n) is 8.78. The van der Waals surface area contributed by atoms with E-state index < -0.39 is 0 Å². The highest BCUT2D eigenvalue weighted by Gasteiger charge is 2.17. The largest absolute Gasteiger partial charge is 0.493 e. The number of rotatable bonds is 8. The lowest BCUT2D eigenvalue weighted by atomic mass is 10.1. The summed E-state index contributed by atoms with van der Waals surface area (Å²) >= 11 is 5.21. The summed E-state index contributed by atoms with van der Waals surface area (Å²) in [6, 6.07) is 3.16. The van der Waals surface area contributed by atoms with Gasteiger partial charge in [-0.15, -0.1) is 0 Å². The zero-order valence-electron chi connectivity index (χ0n) is 16.0. The molecule has 9 heteroatoms. The Morgan fingerprint density at radius 2 is 1.78 bits per heavy atom. The lowest BCUT2D eigenvalue weighted by Gasteiger charge is -2.26. The molecule has 0 saturated carbocycles. The first-order valence-corrected chi connectivity index (χ1v) is 9.19. The van der Waals surface area contributed by atoms with E-state index in [1.54, 1.807) is 12.1 Å². The van der Waals surface area contributed by atoms with Gasteiger partial charge in [0.25, 0.3) is 5.91 Å². The SMILES string of the molecule is COc1cc(C(=O)NC(=S)NCCCN2CCOCC2)cc(OC)c1OC. The molecular weight excluding hydrogens is 370 g/mol. The Hall–Kier alpha value is -2.10. The van der Waals surface area contributed by atoms with E-state index in [-0.39, 0.29) is 11.0 Å². The molecule has 0 bridgehead atoms. The molecule has 1 amide bonds. The summed E-state index contributed by atoms with van der Waals surface area (Å²) < 4.78 is 21.1. The predicted octanol–water partition coefficient (Wildman–Crippen LogP) is 1.04. The quantitative estimate of drug-likeness (QED) is 0.498. The molecule has 0 aliphatic carbocycles. The fourth-order valence-electron chi connectivity index (χ4n) is 2.76. The Balaban J connectivity index is 1.83. The van der Waals surface area contributed by atoms with Crippen LogP contribution in [0.25, 0.3) is 0 Å². The van der Waals surface area contributed by atoms with Crippen molar-refractivity contribution < 1.29 is 23.7 Å². The van der Waals surface area contributed by atoms with Crippen molar-refractivity contribution in [1.82, 2.24) is 15.5 Å². The van der Waals surface area contributed by atoms with Gasteiger partial charge in [0.15, 0.2) is 16.6 Å². The Bertz CT molecular complexity index is 625. The van der Waals surface area contributed by atoms with Gasteiger partial charge in [0.2, 0.25) is 5.75 Å². The van der Waals surface area contributed by atoms with Crippen molar-refractivity contribution in [2.45, 2.75) is 6.42 Å². The third-order valence-electron chi connectivity index (χ3n) is 4.19. The van der Waals surface area contributed by atoms with E-state index in [1.165, 1.54) is 21.3 Å². The van der Waals surface area contributed by atoms with Crippen molar-refractivity contribution in [2.75, 3.05) is 60.7 Å². The second-order valence-corrected chi connectivity index (χ2v) is 6.34. The summed E-state index contributed by atoms with van der Waals surface area (Å²) in [6.07, 6.45) is 0.931. The normalized spacial score (nSPS) is 14.3. The lowest BCUT2D eigenvalue weighted by Crippen LogP contribution is -2.41. The van der Waals surface area contributed by atoms with Crippen LogP contribution in [0.2, 0.25) is 0 Å². The number of carbonyl (C=O) groups excluding carboxylic acids is 1. The number of morpholine rings is 1. The van der Waals surface area contributed by atoms with Crippen LogP contribution in [0.5, 0.6) is 17.2 Å². The molecular formula is C18H27N3O5S. The Morgan fingerprint density at radius 3 is 2.33 bits per heavy atom. The molecule has 0 spiro atoms. The molecule has 1 aromatic rings. The van der Waals surface area contributed by atoms with Gasteiger partial charge in [-0.1, -0.05) is 0 Å². The molecule has 0 radical (unpaired) electrons. The summed E-state index contributed by atoms with van der Waals surface area (Å²) in [5.41, 5.74) is 0.363. The molecule has 1 fully saturated rings.